The van der Waals surface area contributed by atoms with Gasteiger partial charge in [-0.25, -0.2) is 0 Å². The van der Waals surface area contributed by atoms with Gasteiger partial charge in [-0.3, -0.25) is 4.57 Å². The number of aromatic nitrogens is 3. The highest BCUT2D eigenvalue weighted by atomic mass is 15.3. The molecule has 0 N–H and O–H groups in total. The third-order valence-electron chi connectivity index (χ3n) is 3.13. The highest BCUT2D eigenvalue weighted by Crippen LogP contribution is 2.26. The Morgan fingerprint density at radius 1 is 1.14 bits per heavy atom. The number of nitrogens with zero attached hydrogens (tertiary/aromatic N) is 3. The molecule has 0 radical (unpaired) electrons. The van der Waals surface area contributed by atoms with Crippen LogP contribution in [0.3, 0.4) is 0 Å². The lowest BCUT2D eigenvalue weighted by molar-refractivity contribution is 1.06. The molecular formula is C18H19N3. The molecule has 21 heavy (non-hydrogen) atoms. The predicted octanol–water partition coefficient (Wildman–Crippen LogP) is 4.58. The second kappa shape index (κ2) is 6.66. The van der Waals surface area contributed by atoms with Crippen LogP contribution in [0.5, 0.6) is 0 Å². The fraction of sp³-hybridized carbons (Fsp3) is 0.111. The summed E-state index contributed by atoms with van der Waals surface area (Å²) in [7, 11) is 0. The molecule has 0 spiro atoms. The minimum atomic E-state index is 0.748. The summed E-state index contributed by atoms with van der Waals surface area (Å²) in [6.07, 6.45) is 7.70. The van der Waals surface area contributed by atoms with Gasteiger partial charge < -0.3 is 0 Å². The zero-order chi connectivity index (χ0) is 15.2. The number of allylic oxidation sites excluding steroid dienone is 6. The molecule has 0 saturated carbocycles. The Balaban J connectivity index is 2.67. The molecule has 1 aromatic carbocycles. The molecule has 0 aliphatic rings. The molecule has 0 atom stereocenters. The van der Waals surface area contributed by atoms with Crippen molar-refractivity contribution in [1.82, 2.24) is 14.8 Å². The van der Waals surface area contributed by atoms with Crippen molar-refractivity contribution in [3.63, 3.8) is 0 Å². The minimum Gasteiger partial charge on any atom is -0.276 e. The van der Waals surface area contributed by atoms with Crippen LogP contribution in [0.25, 0.3) is 22.7 Å². The maximum atomic E-state index is 4.34. The molecule has 1 aromatic heterocycles. The van der Waals surface area contributed by atoms with Crippen LogP contribution in [0.15, 0.2) is 67.8 Å². The zero-order valence-electron chi connectivity index (χ0n) is 12.5. The van der Waals surface area contributed by atoms with Gasteiger partial charge in [-0.2, -0.15) is 0 Å². The lowest BCUT2D eigenvalue weighted by atomic mass is 10.2. The van der Waals surface area contributed by atoms with Crippen LogP contribution in [0, 0.1) is 0 Å². The van der Waals surface area contributed by atoms with Crippen LogP contribution in [-0.2, 0) is 0 Å². The summed E-state index contributed by atoms with van der Waals surface area (Å²) in [6, 6.07) is 9.95. The van der Waals surface area contributed by atoms with Crippen LogP contribution in [0.4, 0.5) is 0 Å². The van der Waals surface area contributed by atoms with E-state index in [-0.39, 0.29) is 0 Å². The van der Waals surface area contributed by atoms with Crippen molar-refractivity contribution < 1.29 is 0 Å². The molecule has 0 fully saturated rings. The molecule has 2 rings (SSSR count). The summed E-state index contributed by atoms with van der Waals surface area (Å²) in [5.74, 6) is 1.53. The summed E-state index contributed by atoms with van der Waals surface area (Å²) in [5, 5.41) is 8.67. The molecule has 3 nitrogen and oxygen atoms in total. The van der Waals surface area contributed by atoms with Gasteiger partial charge in [-0.1, -0.05) is 61.7 Å². The molecule has 106 valence electrons. The number of rotatable bonds is 5. The van der Waals surface area contributed by atoms with E-state index in [2.05, 4.69) is 23.4 Å². The molecule has 0 amide bonds. The quantitative estimate of drug-likeness (QED) is 0.749. The average Bonchev–Trinajstić information content (AvgIpc) is 2.97. The summed E-state index contributed by atoms with van der Waals surface area (Å²) in [6.45, 7) is 11.8. The van der Waals surface area contributed by atoms with E-state index in [0.29, 0.717) is 0 Å². The topological polar surface area (TPSA) is 30.7 Å². The van der Waals surface area contributed by atoms with Gasteiger partial charge in [-0.15, -0.1) is 10.2 Å². The smallest absolute Gasteiger partial charge is 0.168 e. The Morgan fingerprint density at radius 2 is 1.86 bits per heavy atom. The molecule has 0 unspecified atom stereocenters. The second-order valence-corrected chi connectivity index (χ2v) is 4.49. The van der Waals surface area contributed by atoms with Crippen LogP contribution < -0.4 is 0 Å². The average molecular weight is 277 g/mol. The van der Waals surface area contributed by atoms with Crippen molar-refractivity contribution in [3.8, 4) is 11.4 Å². The maximum absolute atomic E-state index is 4.34. The van der Waals surface area contributed by atoms with E-state index in [0.717, 1.165) is 28.5 Å². The molecule has 3 heteroatoms. The first-order valence-corrected chi connectivity index (χ1v) is 6.84. The van der Waals surface area contributed by atoms with Crippen molar-refractivity contribution in [2.75, 3.05) is 0 Å². The molecule has 0 bridgehead atoms. The Bertz CT molecular complexity index is 703. The fourth-order valence-corrected chi connectivity index (χ4v) is 2.09. The Hall–Kier alpha value is -2.68. The third-order valence-corrected chi connectivity index (χ3v) is 3.13. The Kier molecular flexibility index (Phi) is 4.67. The first-order valence-electron chi connectivity index (χ1n) is 6.84. The van der Waals surface area contributed by atoms with E-state index in [1.54, 1.807) is 6.08 Å². The van der Waals surface area contributed by atoms with Gasteiger partial charge in [-0.05, 0) is 19.9 Å². The monoisotopic (exact) mass is 277 g/mol. The molecule has 0 aliphatic heterocycles. The summed E-state index contributed by atoms with van der Waals surface area (Å²) < 4.78 is 1.93. The molecule has 0 saturated heterocycles. The largest absolute Gasteiger partial charge is 0.276 e. The Morgan fingerprint density at radius 3 is 2.43 bits per heavy atom. The van der Waals surface area contributed by atoms with Crippen molar-refractivity contribution >= 4 is 11.3 Å². The van der Waals surface area contributed by atoms with Gasteiger partial charge in [0.25, 0.3) is 0 Å². The third kappa shape index (κ3) is 2.92. The fourth-order valence-electron chi connectivity index (χ4n) is 2.09. The van der Waals surface area contributed by atoms with Gasteiger partial charge >= 0.3 is 0 Å². The van der Waals surface area contributed by atoms with E-state index in [4.69, 9.17) is 0 Å². The second-order valence-electron chi connectivity index (χ2n) is 4.49. The van der Waals surface area contributed by atoms with Gasteiger partial charge in [0.2, 0.25) is 0 Å². The lowest BCUT2D eigenvalue weighted by Crippen LogP contribution is -2.02. The van der Waals surface area contributed by atoms with Crippen LogP contribution >= 0.6 is 0 Å². The van der Waals surface area contributed by atoms with Crippen molar-refractivity contribution in [2.45, 2.75) is 13.8 Å². The first kappa shape index (κ1) is 14.7. The van der Waals surface area contributed by atoms with Gasteiger partial charge in [0.05, 0.1) is 0 Å². The number of benzene rings is 1. The van der Waals surface area contributed by atoms with E-state index in [9.17, 15) is 0 Å². The van der Waals surface area contributed by atoms with E-state index in [1.165, 1.54) is 0 Å². The molecule has 2 aromatic rings. The molecular weight excluding hydrogens is 258 g/mol. The summed E-state index contributed by atoms with van der Waals surface area (Å²) >= 11 is 0. The van der Waals surface area contributed by atoms with Gasteiger partial charge in [0.1, 0.15) is 0 Å². The first-order chi connectivity index (χ1) is 10.2. The lowest BCUT2D eigenvalue weighted by Gasteiger charge is -2.10. The van der Waals surface area contributed by atoms with Gasteiger partial charge in [0.15, 0.2) is 11.6 Å². The standard InChI is InChI=1S/C18H19N3/c1-5-11-15(7-3)17-19-20-18(21(17)14(4)6-2)16-12-9-8-10-13-16/h5-13H,2,4H2,1,3H3/b11-5-,15-7+. The highest BCUT2D eigenvalue weighted by Gasteiger charge is 2.16. The van der Waals surface area contributed by atoms with Crippen molar-refractivity contribution in [2.24, 2.45) is 0 Å². The SMILES string of the molecule is C=CC(=C)n1c(C(/C=C\C)=C/C)nnc1-c1ccccc1. The minimum absolute atomic E-state index is 0.748. The summed E-state index contributed by atoms with van der Waals surface area (Å²) in [4.78, 5) is 0. The zero-order valence-corrected chi connectivity index (χ0v) is 12.5. The van der Waals surface area contributed by atoms with Crippen LogP contribution in [0.2, 0.25) is 0 Å². The molecule has 1 heterocycles. The van der Waals surface area contributed by atoms with E-state index in [1.807, 2.05) is 67.0 Å². The van der Waals surface area contributed by atoms with E-state index >= 15 is 0 Å². The Labute approximate surface area is 125 Å². The van der Waals surface area contributed by atoms with Crippen molar-refractivity contribution in [3.05, 3.63) is 73.6 Å². The van der Waals surface area contributed by atoms with E-state index < -0.39 is 0 Å². The normalized spacial score (nSPS) is 11.8. The van der Waals surface area contributed by atoms with Gasteiger partial charge in [0, 0.05) is 16.8 Å². The number of hydrogen-bond acceptors (Lipinski definition) is 2. The van der Waals surface area contributed by atoms with Crippen molar-refractivity contribution in [1.29, 1.82) is 0 Å². The highest BCUT2D eigenvalue weighted by molar-refractivity contribution is 5.76. The predicted molar refractivity (Wildman–Crippen MR) is 89.5 cm³/mol. The number of hydrogen-bond donors (Lipinski definition) is 0. The van der Waals surface area contributed by atoms with Crippen LogP contribution in [-0.4, -0.2) is 14.8 Å². The maximum Gasteiger partial charge on any atom is 0.168 e. The van der Waals surface area contributed by atoms with Crippen LogP contribution in [0.1, 0.15) is 19.7 Å². The molecule has 0 aliphatic carbocycles. The summed E-state index contributed by atoms with van der Waals surface area (Å²) in [5.41, 5.74) is 2.74.